The number of halogens is 1. The van der Waals surface area contributed by atoms with Crippen LogP contribution in [0.1, 0.15) is 20.3 Å². The van der Waals surface area contributed by atoms with Crippen LogP contribution in [-0.2, 0) is 9.84 Å². The first kappa shape index (κ1) is 14.2. The third kappa shape index (κ3) is 3.83. The van der Waals surface area contributed by atoms with Crippen molar-refractivity contribution in [1.82, 2.24) is 0 Å². The number of sulfone groups is 1. The molecule has 1 aromatic carbocycles. The summed E-state index contributed by atoms with van der Waals surface area (Å²) in [5.74, 6) is -0.0177. The van der Waals surface area contributed by atoms with Gasteiger partial charge < -0.3 is 0 Å². The van der Waals surface area contributed by atoms with Crippen LogP contribution in [-0.4, -0.2) is 14.2 Å². The maximum Gasteiger partial charge on any atom is 0.179 e. The molecule has 17 heavy (non-hydrogen) atoms. The van der Waals surface area contributed by atoms with E-state index in [1.54, 1.807) is 38.1 Å². The quantitative estimate of drug-likeness (QED) is 0.857. The standard InChI is InChI=1S/C12H14BrNO2S/c1-12(2,9-14)7-8-17(15,16)11-6-4-3-5-10(11)13/h3-6H,7-8H2,1-2H3. The molecule has 92 valence electrons. The number of nitrogens with zero attached hydrogens (tertiary/aromatic N) is 1. The van der Waals surface area contributed by atoms with Gasteiger partial charge in [-0.3, -0.25) is 0 Å². The van der Waals surface area contributed by atoms with Crippen molar-refractivity contribution in [3.05, 3.63) is 28.7 Å². The molecule has 0 spiro atoms. The molecule has 0 radical (unpaired) electrons. The Morgan fingerprint density at radius 3 is 2.47 bits per heavy atom. The highest BCUT2D eigenvalue weighted by molar-refractivity contribution is 9.10. The monoisotopic (exact) mass is 315 g/mol. The van der Waals surface area contributed by atoms with Gasteiger partial charge in [0.15, 0.2) is 9.84 Å². The van der Waals surface area contributed by atoms with Gasteiger partial charge in [-0.05, 0) is 48.3 Å². The Balaban J connectivity index is 2.92. The van der Waals surface area contributed by atoms with Crippen LogP contribution in [0.5, 0.6) is 0 Å². The minimum absolute atomic E-state index is 0.0177. The highest BCUT2D eigenvalue weighted by Gasteiger charge is 2.23. The van der Waals surface area contributed by atoms with E-state index in [0.717, 1.165) is 0 Å². The van der Waals surface area contributed by atoms with E-state index >= 15 is 0 Å². The summed E-state index contributed by atoms with van der Waals surface area (Å²) >= 11 is 3.23. The van der Waals surface area contributed by atoms with Gasteiger partial charge in [-0.25, -0.2) is 8.42 Å². The van der Waals surface area contributed by atoms with E-state index in [-0.39, 0.29) is 10.6 Å². The van der Waals surface area contributed by atoms with Gasteiger partial charge in [0, 0.05) is 4.47 Å². The zero-order valence-corrected chi connectivity index (χ0v) is 12.2. The number of nitriles is 1. The van der Waals surface area contributed by atoms with Gasteiger partial charge in [0.25, 0.3) is 0 Å². The summed E-state index contributed by atoms with van der Waals surface area (Å²) < 4.78 is 24.7. The molecule has 5 heteroatoms. The van der Waals surface area contributed by atoms with E-state index < -0.39 is 15.3 Å². The third-order valence-electron chi connectivity index (χ3n) is 2.47. The van der Waals surface area contributed by atoms with Crippen molar-refractivity contribution in [2.45, 2.75) is 25.2 Å². The summed E-state index contributed by atoms with van der Waals surface area (Å²) in [7, 11) is -3.33. The lowest BCUT2D eigenvalue weighted by Crippen LogP contribution is -2.16. The van der Waals surface area contributed by atoms with Crippen LogP contribution in [0.25, 0.3) is 0 Å². The molecule has 0 saturated heterocycles. The van der Waals surface area contributed by atoms with Crippen molar-refractivity contribution >= 4 is 25.8 Å². The smallest absolute Gasteiger partial charge is 0.179 e. The molecule has 0 bridgehead atoms. The van der Waals surface area contributed by atoms with Crippen LogP contribution in [0.15, 0.2) is 33.6 Å². The summed E-state index contributed by atoms with van der Waals surface area (Å²) in [6, 6.07) is 8.82. The molecule has 0 saturated carbocycles. The van der Waals surface area contributed by atoms with Gasteiger partial charge in [-0.15, -0.1) is 0 Å². The van der Waals surface area contributed by atoms with Crippen LogP contribution >= 0.6 is 15.9 Å². The van der Waals surface area contributed by atoms with Gasteiger partial charge in [-0.2, -0.15) is 5.26 Å². The molecule has 0 aliphatic rings. The Kier molecular flexibility index (Phi) is 4.34. The van der Waals surface area contributed by atoms with Gasteiger partial charge in [0.2, 0.25) is 0 Å². The topological polar surface area (TPSA) is 57.9 Å². The second kappa shape index (κ2) is 5.19. The Bertz CT molecular complexity index is 544. The second-order valence-electron chi connectivity index (χ2n) is 4.49. The Hall–Kier alpha value is -0.860. The fourth-order valence-electron chi connectivity index (χ4n) is 1.25. The third-order valence-corrected chi connectivity index (χ3v) is 5.19. The van der Waals surface area contributed by atoms with E-state index in [1.165, 1.54) is 0 Å². The first-order valence-corrected chi connectivity index (χ1v) is 7.61. The molecule has 0 N–H and O–H groups in total. The molecule has 3 nitrogen and oxygen atoms in total. The van der Waals surface area contributed by atoms with Crippen LogP contribution in [0, 0.1) is 16.7 Å². The van der Waals surface area contributed by atoms with Gasteiger partial charge in [0.1, 0.15) is 0 Å². The molecule has 0 heterocycles. The average molecular weight is 316 g/mol. The molecule has 0 amide bonds. The molecule has 1 aromatic rings. The van der Waals surface area contributed by atoms with Gasteiger partial charge >= 0.3 is 0 Å². The highest BCUT2D eigenvalue weighted by atomic mass is 79.9. The van der Waals surface area contributed by atoms with E-state index in [4.69, 9.17) is 5.26 Å². The fourth-order valence-corrected chi connectivity index (χ4v) is 3.93. The molecule has 1 rings (SSSR count). The lowest BCUT2D eigenvalue weighted by atomic mass is 9.93. The summed E-state index contributed by atoms with van der Waals surface area (Å²) in [6.45, 7) is 3.48. The van der Waals surface area contributed by atoms with Crippen molar-refractivity contribution in [3.8, 4) is 6.07 Å². The van der Waals surface area contributed by atoms with Crippen LogP contribution in [0.3, 0.4) is 0 Å². The van der Waals surface area contributed by atoms with E-state index in [0.29, 0.717) is 10.9 Å². The molecule has 0 atom stereocenters. The largest absolute Gasteiger partial charge is 0.224 e. The van der Waals surface area contributed by atoms with Crippen molar-refractivity contribution in [2.24, 2.45) is 5.41 Å². The van der Waals surface area contributed by atoms with E-state index in [9.17, 15) is 8.42 Å². The maximum atomic E-state index is 12.1. The highest BCUT2D eigenvalue weighted by Crippen LogP contribution is 2.26. The SMILES string of the molecule is CC(C)(C#N)CCS(=O)(=O)c1ccccc1Br. The van der Waals surface area contributed by atoms with Crippen molar-refractivity contribution in [3.63, 3.8) is 0 Å². The predicted octanol–water partition coefficient (Wildman–Crippen LogP) is 3.16. The number of hydrogen-bond donors (Lipinski definition) is 0. The first-order valence-electron chi connectivity index (χ1n) is 5.17. The average Bonchev–Trinajstić information content (AvgIpc) is 2.27. The Labute approximate surface area is 111 Å². The molecular formula is C12H14BrNO2S. The molecule has 0 aromatic heterocycles. The van der Waals surface area contributed by atoms with Gasteiger partial charge in [-0.1, -0.05) is 12.1 Å². The van der Waals surface area contributed by atoms with Crippen LogP contribution in [0.4, 0.5) is 0 Å². The first-order chi connectivity index (χ1) is 7.78. The fraction of sp³-hybridized carbons (Fsp3) is 0.417. The molecule has 0 aliphatic heterocycles. The molecule has 0 unspecified atom stereocenters. The number of hydrogen-bond acceptors (Lipinski definition) is 3. The van der Waals surface area contributed by atoms with E-state index in [1.807, 2.05) is 0 Å². The summed E-state index contributed by atoms with van der Waals surface area (Å²) in [5.41, 5.74) is -0.617. The normalized spacial score (nSPS) is 12.1. The van der Waals surface area contributed by atoms with Crippen LogP contribution < -0.4 is 0 Å². The second-order valence-corrected chi connectivity index (χ2v) is 7.43. The van der Waals surface area contributed by atoms with Crippen molar-refractivity contribution < 1.29 is 8.42 Å². The minimum Gasteiger partial charge on any atom is -0.224 e. The van der Waals surface area contributed by atoms with Gasteiger partial charge in [0.05, 0.1) is 22.1 Å². The molecule has 0 fully saturated rings. The summed E-state index contributed by atoms with van der Waals surface area (Å²) in [4.78, 5) is 0.286. The minimum atomic E-state index is -3.33. The van der Waals surface area contributed by atoms with Crippen molar-refractivity contribution in [1.29, 1.82) is 5.26 Å². The lowest BCUT2D eigenvalue weighted by Gasteiger charge is -2.15. The zero-order chi connectivity index (χ0) is 13.1. The summed E-state index contributed by atoms with van der Waals surface area (Å²) in [5, 5.41) is 8.86. The Morgan fingerprint density at radius 2 is 1.94 bits per heavy atom. The number of benzene rings is 1. The Morgan fingerprint density at radius 1 is 1.35 bits per heavy atom. The molecular weight excluding hydrogens is 302 g/mol. The molecule has 0 aliphatic carbocycles. The van der Waals surface area contributed by atoms with Crippen LogP contribution in [0.2, 0.25) is 0 Å². The van der Waals surface area contributed by atoms with E-state index in [2.05, 4.69) is 22.0 Å². The lowest BCUT2D eigenvalue weighted by molar-refractivity contribution is 0.473. The number of rotatable bonds is 4. The summed E-state index contributed by atoms with van der Waals surface area (Å²) in [6.07, 6.45) is 0.327. The zero-order valence-electron chi connectivity index (χ0n) is 9.77. The van der Waals surface area contributed by atoms with Crippen molar-refractivity contribution in [2.75, 3.05) is 5.75 Å². The maximum absolute atomic E-state index is 12.1. The predicted molar refractivity (Wildman–Crippen MR) is 70.2 cm³/mol.